The smallest absolute Gasteiger partial charge is 0.422 e. The highest BCUT2D eigenvalue weighted by molar-refractivity contribution is 6.25. The lowest BCUT2D eigenvalue weighted by atomic mass is 11.1. The minimum absolute atomic E-state index is 1.02. The SMILES string of the molecule is O=[C]OC=CCl. The number of carbonyl (C=O) groups excluding carboxylic acids is 1. The van der Waals surface area contributed by atoms with Gasteiger partial charge in [0.1, 0.15) is 6.26 Å². The van der Waals surface area contributed by atoms with E-state index in [1.165, 1.54) is 0 Å². The van der Waals surface area contributed by atoms with Crippen LogP contribution in [0.2, 0.25) is 0 Å². The molecule has 0 fully saturated rings. The van der Waals surface area contributed by atoms with Crippen molar-refractivity contribution in [1.82, 2.24) is 0 Å². The summed E-state index contributed by atoms with van der Waals surface area (Å²) in [6.45, 7) is 1.15. The Balaban J connectivity index is 2.85. The van der Waals surface area contributed by atoms with Crippen molar-refractivity contribution in [3.8, 4) is 0 Å². The predicted octanol–water partition coefficient (Wildman–Crippen LogP) is 0.780. The first kappa shape index (κ1) is 5.50. The third-order valence-corrected chi connectivity index (χ3v) is 0.270. The molecule has 0 bridgehead atoms. The number of hydrogen-bond acceptors (Lipinski definition) is 2. The first-order valence-corrected chi connectivity index (χ1v) is 1.63. The van der Waals surface area contributed by atoms with Gasteiger partial charge in [-0.15, -0.1) is 0 Å². The van der Waals surface area contributed by atoms with Crippen LogP contribution in [0.3, 0.4) is 0 Å². The highest BCUT2D eigenvalue weighted by atomic mass is 35.5. The zero-order chi connectivity index (χ0) is 4.83. The molecule has 0 saturated heterocycles. The number of halogens is 1. The van der Waals surface area contributed by atoms with Crippen LogP contribution in [0.4, 0.5) is 0 Å². The molecule has 0 unspecified atom stereocenters. The summed E-state index contributed by atoms with van der Waals surface area (Å²) in [4.78, 5) is 9.11. The van der Waals surface area contributed by atoms with Gasteiger partial charge in [0.2, 0.25) is 0 Å². The summed E-state index contributed by atoms with van der Waals surface area (Å²) in [5, 5.41) is 0. The first-order chi connectivity index (χ1) is 2.91. The van der Waals surface area contributed by atoms with E-state index in [4.69, 9.17) is 16.4 Å². The monoisotopic (exact) mass is 105 g/mol. The summed E-state index contributed by atoms with van der Waals surface area (Å²) in [6, 6.07) is 0. The largest absolute Gasteiger partial charge is 0.425 e. The molecule has 2 nitrogen and oxygen atoms in total. The van der Waals surface area contributed by atoms with Crippen LogP contribution < -0.4 is 0 Å². The van der Waals surface area contributed by atoms with Crippen LogP contribution in [0.5, 0.6) is 0 Å². The van der Waals surface area contributed by atoms with Crippen molar-refractivity contribution in [2.24, 2.45) is 0 Å². The molecular formula is C3H2ClO2. The Labute approximate surface area is 40.4 Å². The molecule has 0 aliphatic heterocycles. The van der Waals surface area contributed by atoms with Crippen molar-refractivity contribution in [1.29, 1.82) is 0 Å². The Morgan fingerprint density at radius 1 is 1.83 bits per heavy atom. The molecule has 0 aromatic rings. The third-order valence-electron chi connectivity index (χ3n) is 0.168. The maximum atomic E-state index is 9.11. The van der Waals surface area contributed by atoms with Gasteiger partial charge in [-0.3, -0.25) is 0 Å². The van der Waals surface area contributed by atoms with Gasteiger partial charge in [-0.2, -0.15) is 0 Å². The molecule has 0 amide bonds. The van der Waals surface area contributed by atoms with Gasteiger partial charge >= 0.3 is 6.47 Å². The van der Waals surface area contributed by atoms with Crippen LogP contribution >= 0.6 is 11.6 Å². The normalized spacial score (nSPS) is 8.83. The molecule has 33 valence electrons. The Morgan fingerprint density at radius 2 is 2.50 bits per heavy atom. The average Bonchev–Trinajstić information content (AvgIpc) is 1.61. The molecular weight excluding hydrogens is 103 g/mol. The van der Waals surface area contributed by atoms with Crippen LogP contribution in [0.1, 0.15) is 0 Å². The van der Waals surface area contributed by atoms with E-state index in [0.717, 1.165) is 18.3 Å². The highest BCUT2D eigenvalue weighted by Crippen LogP contribution is 1.75. The molecule has 3 heteroatoms. The van der Waals surface area contributed by atoms with Gasteiger partial charge in [0, 0.05) is 5.54 Å². The van der Waals surface area contributed by atoms with E-state index in [1.54, 1.807) is 0 Å². The molecule has 0 aromatic heterocycles. The summed E-state index contributed by atoms with van der Waals surface area (Å²) in [6.07, 6.45) is 1.02. The van der Waals surface area contributed by atoms with E-state index >= 15 is 0 Å². The van der Waals surface area contributed by atoms with Crippen molar-refractivity contribution in [3.05, 3.63) is 11.8 Å². The van der Waals surface area contributed by atoms with Crippen molar-refractivity contribution in [2.45, 2.75) is 0 Å². The Bertz CT molecular complexity index is 59.8. The van der Waals surface area contributed by atoms with E-state index in [1.807, 2.05) is 0 Å². The summed E-state index contributed by atoms with van der Waals surface area (Å²) < 4.78 is 3.86. The van der Waals surface area contributed by atoms with Crippen molar-refractivity contribution >= 4 is 18.1 Å². The predicted molar refractivity (Wildman–Crippen MR) is 21.8 cm³/mol. The van der Waals surface area contributed by atoms with Gasteiger partial charge in [-0.05, 0) is 0 Å². The summed E-state index contributed by atoms with van der Waals surface area (Å²) in [7, 11) is 0. The molecule has 6 heavy (non-hydrogen) atoms. The fourth-order valence-electron chi connectivity index (χ4n) is 0.0535. The zero-order valence-electron chi connectivity index (χ0n) is 2.85. The topological polar surface area (TPSA) is 26.3 Å². The molecule has 0 aliphatic carbocycles. The van der Waals surface area contributed by atoms with E-state index < -0.39 is 0 Å². The van der Waals surface area contributed by atoms with Gasteiger partial charge < -0.3 is 4.74 Å². The van der Waals surface area contributed by atoms with Crippen LogP contribution in [0.15, 0.2) is 11.8 Å². The number of rotatable bonds is 2. The van der Waals surface area contributed by atoms with Gasteiger partial charge in [0.15, 0.2) is 0 Å². The Morgan fingerprint density at radius 3 is 2.67 bits per heavy atom. The quantitative estimate of drug-likeness (QED) is 0.485. The lowest BCUT2D eigenvalue weighted by molar-refractivity contribution is 0.399. The fourth-order valence-corrected chi connectivity index (χ4v) is 0.105. The second kappa shape index (κ2) is 4.50. The van der Waals surface area contributed by atoms with E-state index in [0.29, 0.717) is 0 Å². The van der Waals surface area contributed by atoms with Crippen molar-refractivity contribution in [3.63, 3.8) is 0 Å². The summed E-state index contributed by atoms with van der Waals surface area (Å²) >= 11 is 4.90. The van der Waals surface area contributed by atoms with Crippen molar-refractivity contribution < 1.29 is 9.53 Å². The summed E-state index contributed by atoms with van der Waals surface area (Å²) in [5.41, 5.74) is 1.07. The Kier molecular flexibility index (Phi) is 4.12. The van der Waals surface area contributed by atoms with Gasteiger partial charge in [0.25, 0.3) is 0 Å². The minimum atomic E-state index is 1.02. The minimum Gasteiger partial charge on any atom is -0.425 e. The van der Waals surface area contributed by atoms with E-state index in [9.17, 15) is 0 Å². The van der Waals surface area contributed by atoms with Crippen molar-refractivity contribution in [2.75, 3.05) is 0 Å². The van der Waals surface area contributed by atoms with Crippen LogP contribution in [-0.4, -0.2) is 6.47 Å². The number of ether oxygens (including phenoxy) is 1. The van der Waals surface area contributed by atoms with E-state index in [-0.39, 0.29) is 0 Å². The molecule has 0 rings (SSSR count). The second-order valence-corrected chi connectivity index (χ2v) is 0.715. The lowest BCUT2D eigenvalue weighted by Gasteiger charge is -1.71. The van der Waals surface area contributed by atoms with Gasteiger partial charge in [-0.1, -0.05) is 11.6 Å². The van der Waals surface area contributed by atoms with E-state index in [2.05, 4.69) is 4.74 Å². The zero-order valence-corrected chi connectivity index (χ0v) is 3.61. The maximum Gasteiger partial charge on any atom is 0.422 e. The fraction of sp³-hybridized carbons (Fsp3) is 0. The lowest BCUT2D eigenvalue weighted by Crippen LogP contribution is -1.67. The van der Waals surface area contributed by atoms with Crippen LogP contribution in [0, 0.1) is 0 Å². The molecule has 0 spiro atoms. The third kappa shape index (κ3) is 3.50. The highest BCUT2D eigenvalue weighted by Gasteiger charge is 1.63. The standard InChI is InChI=1S/C3H2ClO2/c4-1-2-6-3-5/h1-2H. The Hall–Kier alpha value is -0.500. The van der Waals surface area contributed by atoms with Crippen LogP contribution in [0.25, 0.3) is 0 Å². The molecule has 0 heterocycles. The summed E-state index contributed by atoms with van der Waals surface area (Å²) in [5.74, 6) is 0. The van der Waals surface area contributed by atoms with Crippen LogP contribution in [-0.2, 0) is 9.53 Å². The first-order valence-electron chi connectivity index (χ1n) is 1.20. The van der Waals surface area contributed by atoms with Gasteiger partial charge in [0.05, 0.1) is 0 Å². The molecule has 1 radical (unpaired) electrons. The number of hydrogen-bond donors (Lipinski definition) is 0. The molecule has 0 saturated carbocycles. The maximum absolute atomic E-state index is 9.11. The molecule has 0 N–H and O–H groups in total. The molecule has 0 atom stereocenters. The van der Waals surface area contributed by atoms with Gasteiger partial charge in [-0.25, -0.2) is 4.79 Å². The second-order valence-electron chi connectivity index (χ2n) is 0.463. The molecule has 0 aliphatic rings. The average molecular weight is 106 g/mol. The molecule has 0 aromatic carbocycles.